The highest BCUT2D eigenvalue weighted by atomic mass is 28.2. The van der Waals surface area contributed by atoms with E-state index in [2.05, 4.69) is 39.9 Å². The first-order chi connectivity index (χ1) is 5.77. The molecule has 3 nitrogen and oxygen atoms in total. The van der Waals surface area contributed by atoms with Gasteiger partial charge in [0.05, 0.1) is 0 Å². The van der Waals surface area contributed by atoms with E-state index in [1.165, 1.54) is 0 Å². The predicted molar refractivity (Wildman–Crippen MR) is 60.5 cm³/mol. The Balaban J connectivity index is 3.47. The van der Waals surface area contributed by atoms with E-state index in [0.717, 1.165) is 6.17 Å². The molecule has 0 bridgehead atoms. The van der Waals surface area contributed by atoms with Crippen molar-refractivity contribution in [2.45, 2.75) is 45.8 Å². The van der Waals surface area contributed by atoms with Crippen molar-refractivity contribution in [3.8, 4) is 0 Å². The van der Waals surface area contributed by atoms with Crippen LogP contribution in [0.25, 0.3) is 0 Å². The molecule has 0 aliphatic carbocycles. The summed E-state index contributed by atoms with van der Waals surface area (Å²) in [6, 6.07) is 0. The van der Waals surface area contributed by atoms with Crippen LogP contribution in [-0.2, 0) is 4.43 Å². The monoisotopic (exact) mass is 204 g/mol. The molecule has 0 radical (unpaired) electrons. The molecule has 0 spiro atoms. The minimum absolute atomic E-state index is 0.0146. The van der Waals surface area contributed by atoms with E-state index in [-0.39, 0.29) is 11.1 Å². The Morgan fingerprint density at radius 2 is 1.77 bits per heavy atom. The fourth-order valence-electron chi connectivity index (χ4n) is 0.819. The topological polar surface area (TPSA) is 47.3 Å². The average Bonchev–Trinajstić information content (AvgIpc) is 1.97. The molecule has 0 atom stereocenters. The maximum atomic E-state index is 5.70. The highest BCUT2D eigenvalue weighted by Crippen LogP contribution is 2.04. The molecule has 0 aromatic heterocycles. The maximum Gasteiger partial charge on any atom is 0.175 e. The molecule has 0 amide bonds. The van der Waals surface area contributed by atoms with Crippen LogP contribution < -0.4 is 11.1 Å². The van der Waals surface area contributed by atoms with E-state index in [1.54, 1.807) is 0 Å². The zero-order valence-corrected chi connectivity index (χ0v) is 11.0. The molecule has 3 N–H and O–H groups in total. The number of nitrogens with one attached hydrogen (secondary N) is 1. The number of rotatable bonds is 5. The molecule has 0 aliphatic heterocycles. The summed E-state index contributed by atoms with van der Waals surface area (Å²) in [6.45, 7) is 11.2. The van der Waals surface area contributed by atoms with Gasteiger partial charge >= 0.3 is 0 Å². The predicted octanol–water partition coefficient (Wildman–Crippen LogP) is 0.170. The Labute approximate surface area is 84.4 Å². The van der Waals surface area contributed by atoms with Crippen LogP contribution in [-0.4, -0.2) is 33.6 Å². The van der Waals surface area contributed by atoms with Gasteiger partial charge in [-0.3, -0.25) is 0 Å². The van der Waals surface area contributed by atoms with E-state index in [1.807, 2.05) is 0 Å². The smallest absolute Gasteiger partial charge is 0.175 e. The maximum absolute atomic E-state index is 5.70. The van der Waals surface area contributed by atoms with Gasteiger partial charge in [-0.2, -0.15) is 0 Å². The Kier molecular flexibility index (Phi) is 5.13. The normalized spacial score (nSPS) is 14.3. The summed E-state index contributed by atoms with van der Waals surface area (Å²) >= 11 is 0. The van der Waals surface area contributed by atoms with Crippen LogP contribution in [0, 0.1) is 0 Å². The lowest BCUT2D eigenvalue weighted by atomic mass is 10.1. The standard InChI is InChI=1S/C9H24N2OSi/c1-8(2,3)12-13-7-11-9(4,5)6-10/h11H,6-7,10,13H2,1-5H3. The van der Waals surface area contributed by atoms with Crippen LogP contribution >= 0.6 is 0 Å². The zero-order chi connectivity index (χ0) is 10.5. The Hall–Kier alpha value is 0.0969. The van der Waals surface area contributed by atoms with Crippen LogP contribution in [0.5, 0.6) is 0 Å². The molecule has 0 aromatic rings. The highest BCUT2D eigenvalue weighted by molar-refractivity contribution is 6.27. The van der Waals surface area contributed by atoms with E-state index in [4.69, 9.17) is 10.2 Å². The fourth-order valence-corrected chi connectivity index (χ4v) is 2.31. The van der Waals surface area contributed by atoms with Gasteiger partial charge < -0.3 is 15.5 Å². The summed E-state index contributed by atoms with van der Waals surface area (Å²) in [5.74, 6) is 0. The van der Waals surface area contributed by atoms with Gasteiger partial charge in [0.15, 0.2) is 9.76 Å². The van der Waals surface area contributed by atoms with Crippen molar-refractivity contribution in [1.82, 2.24) is 5.32 Å². The van der Waals surface area contributed by atoms with Crippen LogP contribution in [0.15, 0.2) is 0 Å². The van der Waals surface area contributed by atoms with E-state index >= 15 is 0 Å². The van der Waals surface area contributed by atoms with Gasteiger partial charge in [-0.1, -0.05) is 0 Å². The summed E-state index contributed by atoms with van der Waals surface area (Å²) < 4.78 is 5.70. The van der Waals surface area contributed by atoms with Crippen LogP contribution in [0.4, 0.5) is 0 Å². The van der Waals surface area contributed by atoms with Crippen molar-refractivity contribution in [2.24, 2.45) is 5.73 Å². The van der Waals surface area contributed by atoms with Gasteiger partial charge in [0.2, 0.25) is 0 Å². The average molecular weight is 204 g/mol. The molecule has 0 rings (SSSR count). The first kappa shape index (κ1) is 13.1. The number of hydrogen-bond donors (Lipinski definition) is 2. The molecule has 13 heavy (non-hydrogen) atoms. The van der Waals surface area contributed by atoms with Gasteiger partial charge in [-0.25, -0.2) is 0 Å². The lowest BCUT2D eigenvalue weighted by molar-refractivity contribution is 0.137. The van der Waals surface area contributed by atoms with E-state index < -0.39 is 9.76 Å². The Morgan fingerprint density at radius 1 is 1.23 bits per heavy atom. The summed E-state index contributed by atoms with van der Waals surface area (Å²) in [6.07, 6.45) is 0.988. The van der Waals surface area contributed by atoms with Crippen LogP contribution in [0.1, 0.15) is 34.6 Å². The van der Waals surface area contributed by atoms with Gasteiger partial charge in [-0.15, -0.1) is 0 Å². The van der Waals surface area contributed by atoms with Gasteiger partial charge in [0.25, 0.3) is 0 Å². The summed E-state index contributed by atoms with van der Waals surface area (Å²) in [5.41, 5.74) is 5.65. The van der Waals surface area contributed by atoms with Gasteiger partial charge in [-0.05, 0) is 34.6 Å². The van der Waals surface area contributed by atoms with Crippen molar-refractivity contribution in [1.29, 1.82) is 0 Å². The summed E-state index contributed by atoms with van der Waals surface area (Å²) in [4.78, 5) is 0. The number of hydrogen-bond acceptors (Lipinski definition) is 3. The van der Waals surface area contributed by atoms with E-state index in [9.17, 15) is 0 Å². The molecule has 0 aliphatic rings. The summed E-state index contributed by atoms with van der Waals surface area (Å²) in [7, 11) is -0.449. The lowest BCUT2D eigenvalue weighted by Gasteiger charge is -2.26. The molecular weight excluding hydrogens is 180 g/mol. The van der Waals surface area contributed by atoms with Gasteiger partial charge in [0, 0.05) is 23.9 Å². The SMILES string of the molecule is CC(C)(CN)NC[SiH2]OC(C)(C)C. The minimum atomic E-state index is -0.449. The third-order valence-corrected chi connectivity index (χ3v) is 3.28. The van der Waals surface area contributed by atoms with Crippen LogP contribution in [0.3, 0.4) is 0 Å². The fraction of sp³-hybridized carbons (Fsp3) is 1.00. The molecule has 4 heteroatoms. The second kappa shape index (κ2) is 5.10. The summed E-state index contributed by atoms with van der Waals surface area (Å²) in [5, 5.41) is 3.39. The van der Waals surface area contributed by atoms with Crippen molar-refractivity contribution < 1.29 is 4.43 Å². The number of nitrogens with two attached hydrogens (primary N) is 1. The largest absolute Gasteiger partial charge is 0.418 e. The Bertz CT molecular complexity index is 143. The third kappa shape index (κ3) is 8.43. The highest BCUT2D eigenvalue weighted by Gasteiger charge is 2.15. The molecule has 0 saturated carbocycles. The first-order valence-corrected chi connectivity index (χ1v) is 6.44. The minimum Gasteiger partial charge on any atom is -0.418 e. The molecule has 0 heterocycles. The lowest BCUT2D eigenvalue weighted by Crippen LogP contribution is -2.48. The van der Waals surface area contributed by atoms with Crippen molar-refractivity contribution >= 4 is 9.76 Å². The second-order valence-electron chi connectivity index (χ2n) is 4.98. The van der Waals surface area contributed by atoms with Crippen molar-refractivity contribution in [3.63, 3.8) is 0 Å². The van der Waals surface area contributed by atoms with Crippen molar-refractivity contribution in [2.75, 3.05) is 12.7 Å². The molecule has 80 valence electrons. The van der Waals surface area contributed by atoms with Gasteiger partial charge in [0.1, 0.15) is 0 Å². The molecule has 0 fully saturated rings. The van der Waals surface area contributed by atoms with Crippen molar-refractivity contribution in [3.05, 3.63) is 0 Å². The zero-order valence-electron chi connectivity index (χ0n) is 9.61. The van der Waals surface area contributed by atoms with E-state index in [0.29, 0.717) is 6.54 Å². The molecule has 0 aromatic carbocycles. The molecular formula is C9H24N2OSi. The second-order valence-corrected chi connectivity index (χ2v) is 6.17. The molecule has 0 saturated heterocycles. The quantitative estimate of drug-likeness (QED) is 0.496. The molecule has 0 unspecified atom stereocenters. The van der Waals surface area contributed by atoms with Crippen LogP contribution in [0.2, 0.25) is 0 Å². The Morgan fingerprint density at radius 3 is 2.15 bits per heavy atom. The third-order valence-electron chi connectivity index (χ3n) is 1.75. The first-order valence-electron chi connectivity index (χ1n) is 4.86.